The molecule has 0 aliphatic carbocycles. The van der Waals surface area contributed by atoms with E-state index in [0.29, 0.717) is 10.0 Å². The first-order valence-electron chi connectivity index (χ1n) is 26.0. The van der Waals surface area contributed by atoms with Crippen molar-refractivity contribution < 1.29 is 133 Å². The summed E-state index contributed by atoms with van der Waals surface area (Å²) in [6.45, 7) is 10.8. The molecule has 515 valence electrons. The van der Waals surface area contributed by atoms with Gasteiger partial charge in [-0.2, -0.15) is 0 Å². The Hall–Kier alpha value is -7.50. The molecule has 0 atom stereocenters. The third kappa shape index (κ3) is 39.6. The van der Waals surface area contributed by atoms with Gasteiger partial charge in [0.25, 0.3) is 0 Å². The standard InChI is InChI=1S/C12H13FO4.C10H10BrFO4.C8H6BrFO3.C8H7FO3.C7H5FO3.C4H9BO2.2C4H8O.2CH4O.BHNS/c1-4-8-5-9(12(14)16-3)6-10(13)11(8)17-7-15-2;1-14-5-16-9-7(11)3-6(4-8(9)12)10(13)15-2;1-13-8(12)4-2-5(9)7(11)6(10)3-4;1-12-8(11)5-2-3-7(10)6(9)4-5;8-5-3-4(7(10)11)1-2-6(5)9;1-4-5(6-2)7-3;2*1-2-4-5-3-1;2*1-2;1-2-3/h4-6H,1,7H2,2-3H3;3-4H,5H2,1-2H3;2-3,11H,1H3;2-4,10H,1H3;1-3,9H,(H,10,11);4H,1H2,2-3H3;2*1-4H2;2*2H,1H3;3H. The maximum atomic E-state index is 13.7. The van der Waals surface area contributed by atoms with Crippen molar-refractivity contribution in [2.24, 2.45) is 4.30 Å². The second-order valence-corrected chi connectivity index (χ2v) is 18.1. The van der Waals surface area contributed by atoms with Gasteiger partial charge in [-0.15, -0.1) is 6.58 Å². The Bertz CT molecular complexity index is 2940. The summed E-state index contributed by atoms with van der Waals surface area (Å²) in [6, 6.07) is 13.3. The number of aliphatic hydroxyl groups is 2. The van der Waals surface area contributed by atoms with E-state index in [1.165, 1.54) is 98.7 Å². The molecular formula is C59H75B2Br2F5NO23S. The summed E-state index contributed by atoms with van der Waals surface area (Å²) in [5.41, 5.74) is 0.515. The summed E-state index contributed by atoms with van der Waals surface area (Å²) in [5, 5.41) is 48.8. The zero-order valence-electron chi connectivity index (χ0n) is 52.4. The van der Waals surface area contributed by atoms with Crippen LogP contribution in [0.25, 0.3) is 6.08 Å². The molecule has 1 radical (unpaired) electrons. The quantitative estimate of drug-likeness (QED) is 0.0128. The van der Waals surface area contributed by atoms with E-state index in [4.69, 9.17) is 58.9 Å². The Balaban J connectivity index is -0.000000491. The first kappa shape index (κ1) is 91.9. The normalized spacial score (nSPS) is 10.7. The molecule has 2 saturated heterocycles. The molecule has 2 fully saturated rings. The Morgan fingerprint density at radius 2 is 0.882 bits per heavy atom. The topological polar surface area (TPSA) is 330 Å². The van der Waals surface area contributed by atoms with Crippen LogP contribution in [0.2, 0.25) is 0 Å². The van der Waals surface area contributed by atoms with E-state index in [2.05, 4.69) is 98.2 Å². The van der Waals surface area contributed by atoms with Crippen LogP contribution in [0.3, 0.4) is 0 Å². The summed E-state index contributed by atoms with van der Waals surface area (Å²) < 4.78 is 125. The van der Waals surface area contributed by atoms with E-state index < -0.39 is 76.2 Å². The zero-order chi connectivity index (χ0) is 72.0. The van der Waals surface area contributed by atoms with Crippen molar-refractivity contribution in [3.63, 3.8) is 0 Å². The van der Waals surface area contributed by atoms with Crippen LogP contribution >= 0.6 is 44.7 Å². The third-order valence-corrected chi connectivity index (χ3v) is 11.3. The Kier molecular flexibility index (Phi) is 56.5. The average molecular weight is 1470 g/mol. The number of hydrogen-bond acceptors (Lipinski definition) is 24. The number of nitrogens with zero attached hydrogens (tertiary/aromatic N) is 1. The SMILES string of the molecule is C1CCOC1.C1CCOC1.C=CB(OC)OC.C=Cc1cc(C(=O)OC)cc(F)c1OCOC.CO.CO.COC(=O)c1cc(F)c(O)c(Br)c1.COC(=O)c1ccc(O)c(F)c1.COCOc1c(F)cc(C(=O)OC)cc1Br.O=C(O)c1ccc(O)c(F)c1.[B]=NS. The number of aliphatic hydroxyl groups excluding tert-OH is 2. The van der Waals surface area contributed by atoms with Crippen molar-refractivity contribution in [1.29, 1.82) is 0 Å². The van der Waals surface area contributed by atoms with Crippen LogP contribution in [0.5, 0.6) is 28.7 Å². The molecular weight excluding hydrogens is 1400 g/mol. The number of thiol groups is 1. The summed E-state index contributed by atoms with van der Waals surface area (Å²) in [5.74, 6) is -7.67. The number of esters is 4. The van der Waals surface area contributed by atoms with Crippen LogP contribution in [-0.4, -0.2) is 186 Å². The maximum absolute atomic E-state index is 13.7. The summed E-state index contributed by atoms with van der Waals surface area (Å²) >= 11 is 9.19. The zero-order valence-corrected chi connectivity index (χ0v) is 56.5. The number of carboxylic acids is 1. The molecule has 2 aliphatic rings. The van der Waals surface area contributed by atoms with Crippen molar-refractivity contribution in [2.75, 3.05) is 111 Å². The Morgan fingerprint density at radius 3 is 1.18 bits per heavy atom. The number of phenolic OH excluding ortho intramolecular Hbond substituents is 3. The van der Waals surface area contributed by atoms with Gasteiger partial charge in [-0.25, -0.2) is 45.9 Å². The van der Waals surface area contributed by atoms with Crippen LogP contribution in [0.1, 0.15) is 83.0 Å². The van der Waals surface area contributed by atoms with Crippen LogP contribution in [0, 0.1) is 29.1 Å². The Labute approximate surface area is 559 Å². The molecule has 5 aromatic carbocycles. The first-order valence-corrected chi connectivity index (χ1v) is 28.0. The van der Waals surface area contributed by atoms with Gasteiger partial charge in [-0.1, -0.05) is 18.6 Å². The van der Waals surface area contributed by atoms with Crippen molar-refractivity contribution in [1.82, 2.24) is 0 Å². The number of ether oxygens (including phenoxy) is 10. The second kappa shape index (κ2) is 57.2. The number of rotatable bonds is 15. The fourth-order valence-corrected chi connectivity index (χ4v) is 6.81. The molecule has 7 rings (SSSR count). The molecule has 93 heavy (non-hydrogen) atoms. The van der Waals surface area contributed by atoms with Gasteiger partial charge >= 0.3 is 61.7 Å². The van der Waals surface area contributed by atoms with Gasteiger partial charge in [0.2, 0.25) is 0 Å². The predicted molar refractivity (Wildman–Crippen MR) is 343 cm³/mol. The van der Waals surface area contributed by atoms with Gasteiger partial charge in [-0.05, 0) is 130 Å². The molecule has 0 aromatic heterocycles. The van der Waals surface area contributed by atoms with Crippen LogP contribution in [0.4, 0.5) is 22.0 Å². The van der Waals surface area contributed by atoms with Crippen LogP contribution in [-0.2, 0) is 47.2 Å². The van der Waals surface area contributed by atoms with E-state index in [-0.39, 0.29) is 64.5 Å². The van der Waals surface area contributed by atoms with E-state index in [0.717, 1.165) is 89.2 Å². The molecule has 24 nitrogen and oxygen atoms in total. The average Bonchev–Trinajstić information content (AvgIpc) is 1.44. The number of carboxylic acid groups (broad SMARTS) is 1. The van der Waals surface area contributed by atoms with Gasteiger partial charge in [0.15, 0.2) is 71.4 Å². The fourth-order valence-electron chi connectivity index (χ4n) is 5.83. The van der Waals surface area contributed by atoms with Crippen LogP contribution < -0.4 is 9.47 Å². The van der Waals surface area contributed by atoms with Gasteiger partial charge in [0.1, 0.15) is 0 Å². The number of halogens is 7. The number of aromatic carboxylic acids is 1. The third-order valence-electron chi connectivity index (χ3n) is 10.1. The molecule has 0 unspecified atom stereocenters. The number of hydrogen-bond donors (Lipinski definition) is 7. The van der Waals surface area contributed by atoms with Crippen LogP contribution in [0.15, 0.2) is 105 Å². The second-order valence-electron chi connectivity index (χ2n) is 16.2. The van der Waals surface area contributed by atoms with Gasteiger partial charge in [-0.3, -0.25) is 0 Å². The molecule has 5 aromatic rings. The number of methoxy groups -OCH3 is 6. The number of phenols is 3. The van der Waals surface area contributed by atoms with Gasteiger partial charge < -0.3 is 87.3 Å². The van der Waals surface area contributed by atoms with Crippen molar-refractivity contribution in [3.05, 3.63) is 163 Å². The van der Waals surface area contributed by atoms with E-state index >= 15 is 0 Å². The van der Waals surface area contributed by atoms with Gasteiger partial charge in [0, 0.05) is 74.6 Å². The minimum atomic E-state index is -1.22. The summed E-state index contributed by atoms with van der Waals surface area (Å²) in [7, 11) is 16.9. The monoisotopic (exact) mass is 1470 g/mol. The molecule has 0 saturated carbocycles. The molecule has 0 amide bonds. The molecule has 0 bridgehead atoms. The minimum absolute atomic E-state index is 0.00509. The van der Waals surface area contributed by atoms with E-state index in [1.54, 1.807) is 20.2 Å². The number of carbonyl (C=O) groups excluding carboxylic acids is 4. The summed E-state index contributed by atoms with van der Waals surface area (Å²) in [6.07, 6.45) is 6.50. The number of carbonyl (C=O) groups is 5. The summed E-state index contributed by atoms with van der Waals surface area (Å²) in [4.78, 5) is 54.4. The number of aromatic hydroxyl groups is 3. The fraction of sp³-hybridized carbons (Fsp3) is 0.339. The molecule has 0 spiro atoms. The van der Waals surface area contributed by atoms with Crippen molar-refractivity contribution >= 4 is 95.4 Å². The predicted octanol–water partition coefficient (Wildman–Crippen LogP) is 10.7. The molecule has 2 heterocycles. The van der Waals surface area contributed by atoms with Gasteiger partial charge in [0.05, 0.1) is 65.2 Å². The van der Waals surface area contributed by atoms with E-state index in [9.17, 15) is 45.9 Å². The van der Waals surface area contributed by atoms with Crippen molar-refractivity contribution in [2.45, 2.75) is 25.7 Å². The Morgan fingerprint density at radius 1 is 0.548 bits per heavy atom. The molecule has 6 N–H and O–H groups in total. The molecule has 2 aliphatic heterocycles. The number of benzene rings is 5. The molecule has 34 heteroatoms. The first-order chi connectivity index (χ1) is 44.3. The van der Waals surface area contributed by atoms with Crippen molar-refractivity contribution in [3.8, 4) is 28.7 Å². The van der Waals surface area contributed by atoms with E-state index in [1.807, 2.05) is 0 Å².